The van der Waals surface area contributed by atoms with Crippen molar-refractivity contribution in [2.75, 3.05) is 24.9 Å². The molecule has 48 heavy (non-hydrogen) atoms. The lowest BCUT2D eigenvalue weighted by atomic mass is 10.1. The number of benzene rings is 4. The van der Waals surface area contributed by atoms with Gasteiger partial charge < -0.3 is 30.5 Å². The molecule has 0 aliphatic heterocycles. The molecule has 0 spiro atoms. The normalized spacial score (nSPS) is 11.7. The molecule has 1 atom stereocenters. The number of methoxy groups -OCH3 is 2. The fraction of sp³-hybridized carbons (Fsp3) is 0.111. The lowest BCUT2D eigenvalue weighted by Gasteiger charge is -2.14. The predicted molar refractivity (Wildman–Crippen MR) is 190 cm³/mol. The molecule has 10 nitrogen and oxygen atoms in total. The highest BCUT2D eigenvalue weighted by atomic mass is 32.2. The molecular formula is C36H32N4O6S2. The van der Waals surface area contributed by atoms with Crippen molar-refractivity contribution in [3.8, 4) is 28.5 Å². The highest BCUT2D eigenvalue weighted by Gasteiger charge is 2.19. The van der Waals surface area contributed by atoms with E-state index in [1.54, 1.807) is 68.6 Å². The van der Waals surface area contributed by atoms with Crippen LogP contribution in [0.25, 0.3) is 17.3 Å². The van der Waals surface area contributed by atoms with Gasteiger partial charge in [0.05, 0.1) is 25.2 Å². The number of ether oxygens (including phenoxy) is 2. The molecule has 0 aliphatic carbocycles. The zero-order valence-electron chi connectivity index (χ0n) is 26.2. The van der Waals surface area contributed by atoms with Crippen LogP contribution in [-0.2, 0) is 9.59 Å². The summed E-state index contributed by atoms with van der Waals surface area (Å²) in [5.74, 6) is -0.263. The maximum atomic E-state index is 13.6. The van der Waals surface area contributed by atoms with Gasteiger partial charge in [-0.1, -0.05) is 36.4 Å². The van der Waals surface area contributed by atoms with E-state index in [4.69, 9.17) is 9.47 Å². The Balaban J connectivity index is 1.28. The molecular weight excluding hydrogens is 649 g/mol. The number of phenols is 1. The van der Waals surface area contributed by atoms with Crippen LogP contribution >= 0.6 is 23.1 Å². The minimum atomic E-state index is -0.585. The number of phenolic OH excluding ortho intramolecular Hbond substituents is 1. The van der Waals surface area contributed by atoms with E-state index in [-0.39, 0.29) is 17.4 Å². The molecule has 244 valence electrons. The Kier molecular flexibility index (Phi) is 11.1. The van der Waals surface area contributed by atoms with Gasteiger partial charge in [0.25, 0.3) is 11.8 Å². The second-order valence-electron chi connectivity index (χ2n) is 10.3. The topological polar surface area (TPSA) is 139 Å². The summed E-state index contributed by atoms with van der Waals surface area (Å²) in [6, 6.07) is 27.5. The highest BCUT2D eigenvalue weighted by molar-refractivity contribution is 8.00. The van der Waals surface area contributed by atoms with Crippen molar-refractivity contribution in [1.82, 2.24) is 10.3 Å². The summed E-state index contributed by atoms with van der Waals surface area (Å²) < 4.78 is 10.7. The van der Waals surface area contributed by atoms with Gasteiger partial charge in [-0.25, -0.2) is 4.98 Å². The van der Waals surface area contributed by atoms with E-state index in [9.17, 15) is 19.5 Å². The van der Waals surface area contributed by atoms with Crippen molar-refractivity contribution < 1.29 is 29.0 Å². The summed E-state index contributed by atoms with van der Waals surface area (Å²) in [4.78, 5) is 44.9. The van der Waals surface area contributed by atoms with Crippen molar-refractivity contribution in [1.29, 1.82) is 0 Å². The molecule has 0 fully saturated rings. The van der Waals surface area contributed by atoms with Crippen molar-refractivity contribution in [2.24, 2.45) is 0 Å². The second kappa shape index (κ2) is 15.8. The van der Waals surface area contributed by atoms with E-state index in [2.05, 4.69) is 20.9 Å². The van der Waals surface area contributed by atoms with Crippen LogP contribution in [0.15, 0.2) is 113 Å². The Labute approximate surface area is 285 Å². The molecule has 5 rings (SSSR count). The molecule has 0 saturated heterocycles. The van der Waals surface area contributed by atoms with Crippen LogP contribution in [0.4, 0.5) is 10.8 Å². The van der Waals surface area contributed by atoms with Crippen LogP contribution in [0.2, 0.25) is 0 Å². The molecule has 12 heteroatoms. The third kappa shape index (κ3) is 8.81. The quantitative estimate of drug-likeness (QED) is 0.0812. The molecule has 1 aromatic heterocycles. The molecule has 4 N–H and O–H groups in total. The van der Waals surface area contributed by atoms with Gasteiger partial charge in [-0.05, 0) is 67.6 Å². The maximum Gasteiger partial charge on any atom is 0.272 e. The smallest absolute Gasteiger partial charge is 0.272 e. The Bertz CT molecular complexity index is 1960. The summed E-state index contributed by atoms with van der Waals surface area (Å²) in [7, 11) is 3.04. The number of amides is 3. The SMILES string of the molecule is COc1cccc(-c2csc(NC(=O)C(C)Sc3cccc(NC(=O)/C(=C\c4ccc(O)cc4OC)NC(=O)c4ccccc4)c3)n2)c1. The van der Waals surface area contributed by atoms with Gasteiger partial charge in [0, 0.05) is 38.7 Å². The molecule has 3 amide bonds. The number of rotatable bonds is 12. The van der Waals surface area contributed by atoms with Crippen LogP contribution < -0.4 is 25.4 Å². The zero-order valence-corrected chi connectivity index (χ0v) is 27.9. The lowest BCUT2D eigenvalue weighted by Crippen LogP contribution is -2.30. The number of nitrogens with one attached hydrogen (secondary N) is 3. The van der Waals surface area contributed by atoms with Crippen molar-refractivity contribution in [2.45, 2.75) is 17.1 Å². The monoisotopic (exact) mass is 680 g/mol. The van der Waals surface area contributed by atoms with Gasteiger partial charge in [0.2, 0.25) is 5.91 Å². The van der Waals surface area contributed by atoms with E-state index in [0.717, 1.165) is 21.9 Å². The van der Waals surface area contributed by atoms with Crippen LogP contribution in [0.1, 0.15) is 22.8 Å². The minimum Gasteiger partial charge on any atom is -0.508 e. The van der Waals surface area contributed by atoms with Gasteiger partial charge in [-0.3, -0.25) is 14.4 Å². The molecule has 0 aliphatic rings. The van der Waals surface area contributed by atoms with E-state index < -0.39 is 17.1 Å². The molecule has 4 aromatic carbocycles. The first-order valence-electron chi connectivity index (χ1n) is 14.7. The average Bonchev–Trinajstić information content (AvgIpc) is 3.57. The first kappa shape index (κ1) is 33.8. The number of carbonyl (C=O) groups is 3. The van der Waals surface area contributed by atoms with Crippen LogP contribution in [-0.4, -0.2) is 47.3 Å². The maximum absolute atomic E-state index is 13.6. The fourth-order valence-corrected chi connectivity index (χ4v) is 6.12. The second-order valence-corrected chi connectivity index (χ2v) is 12.6. The summed E-state index contributed by atoms with van der Waals surface area (Å²) in [6.07, 6.45) is 1.47. The number of thioether (sulfide) groups is 1. The van der Waals surface area contributed by atoms with Crippen molar-refractivity contribution in [3.05, 3.63) is 119 Å². The summed E-state index contributed by atoms with van der Waals surface area (Å²) >= 11 is 2.65. The molecule has 0 bridgehead atoms. The molecule has 0 saturated carbocycles. The fourth-order valence-electron chi connectivity index (χ4n) is 4.47. The molecule has 0 radical (unpaired) electrons. The number of aromatic nitrogens is 1. The van der Waals surface area contributed by atoms with E-state index in [1.807, 2.05) is 35.7 Å². The number of hydrogen-bond acceptors (Lipinski definition) is 9. The minimum absolute atomic E-state index is 0.00909. The number of anilines is 2. The molecule has 5 aromatic rings. The van der Waals surface area contributed by atoms with Gasteiger partial charge in [0.15, 0.2) is 5.13 Å². The number of carbonyl (C=O) groups excluding carboxylic acids is 3. The van der Waals surface area contributed by atoms with Crippen molar-refractivity contribution >= 4 is 57.7 Å². The first-order valence-corrected chi connectivity index (χ1v) is 16.4. The Morgan fingerprint density at radius 2 is 1.69 bits per heavy atom. The number of aromatic hydroxyl groups is 1. The van der Waals surface area contributed by atoms with Crippen molar-refractivity contribution in [3.63, 3.8) is 0 Å². The first-order chi connectivity index (χ1) is 23.2. The van der Waals surface area contributed by atoms with E-state index in [1.165, 1.54) is 48.4 Å². The lowest BCUT2D eigenvalue weighted by molar-refractivity contribution is -0.115. The standard InChI is InChI=1S/C36H32N4O6S2/c1-22(33(42)40-36-39-31(21-47-36)24-11-7-13-28(17-24)45-2)48-29-14-8-12-26(19-29)37-35(44)30(38-34(43)23-9-5-4-6-10-23)18-25-15-16-27(41)20-32(25)46-3/h4-22,41H,1-3H3,(H,37,44)(H,38,43)(H,39,40,42)/b30-18+. The largest absolute Gasteiger partial charge is 0.508 e. The van der Waals surface area contributed by atoms with Gasteiger partial charge in [-0.2, -0.15) is 0 Å². The van der Waals surface area contributed by atoms with Crippen LogP contribution in [0.3, 0.4) is 0 Å². The average molecular weight is 681 g/mol. The van der Waals surface area contributed by atoms with Gasteiger partial charge in [0.1, 0.15) is 22.9 Å². The predicted octanol–water partition coefficient (Wildman–Crippen LogP) is 7.06. The van der Waals surface area contributed by atoms with E-state index in [0.29, 0.717) is 27.7 Å². The Morgan fingerprint density at radius 3 is 2.46 bits per heavy atom. The van der Waals surface area contributed by atoms with Gasteiger partial charge in [-0.15, -0.1) is 23.1 Å². The Morgan fingerprint density at radius 1 is 0.896 bits per heavy atom. The van der Waals surface area contributed by atoms with Crippen LogP contribution in [0, 0.1) is 0 Å². The van der Waals surface area contributed by atoms with Crippen LogP contribution in [0.5, 0.6) is 17.2 Å². The summed E-state index contributed by atoms with van der Waals surface area (Å²) in [5.41, 5.74) is 2.86. The molecule has 1 unspecified atom stereocenters. The number of hydrogen-bond donors (Lipinski definition) is 4. The summed E-state index contributed by atoms with van der Waals surface area (Å²) in [5, 5.41) is 20.2. The molecule has 1 heterocycles. The third-order valence-electron chi connectivity index (χ3n) is 6.92. The number of nitrogens with zero attached hydrogens (tertiary/aromatic N) is 1. The highest BCUT2D eigenvalue weighted by Crippen LogP contribution is 2.30. The Hall–Kier alpha value is -5.59. The summed E-state index contributed by atoms with van der Waals surface area (Å²) in [6.45, 7) is 1.78. The zero-order chi connectivity index (χ0) is 34.0. The van der Waals surface area contributed by atoms with Gasteiger partial charge >= 0.3 is 0 Å². The third-order valence-corrected chi connectivity index (χ3v) is 8.77. The number of thiazole rings is 1. The van der Waals surface area contributed by atoms with E-state index >= 15 is 0 Å².